The number of aromatic hydroxyl groups is 2. The second-order valence-electron chi connectivity index (χ2n) is 5.29. The minimum Gasteiger partial charge on any atom is -0.507 e. The Labute approximate surface area is 125 Å². The van der Waals surface area contributed by atoms with Gasteiger partial charge in [-0.2, -0.15) is 10.5 Å². The van der Waals surface area contributed by atoms with E-state index >= 15 is 0 Å². The molecule has 0 bridgehead atoms. The molecular formula is C14H12N2O2S2. The molecular weight excluding hydrogens is 292 g/mol. The quantitative estimate of drug-likeness (QED) is 0.708. The molecule has 0 spiro atoms. The molecule has 2 N–H and O–H groups in total. The molecule has 4 nitrogen and oxygen atoms in total. The van der Waals surface area contributed by atoms with E-state index in [2.05, 4.69) is 0 Å². The highest BCUT2D eigenvalue weighted by Crippen LogP contribution is 2.55. The van der Waals surface area contributed by atoms with Crippen LogP contribution in [0.3, 0.4) is 0 Å². The Balaban J connectivity index is 2.68. The van der Waals surface area contributed by atoms with E-state index < -0.39 is 0 Å². The van der Waals surface area contributed by atoms with Crippen LogP contribution in [0.1, 0.15) is 26.3 Å². The molecule has 2 rings (SSSR count). The summed E-state index contributed by atoms with van der Waals surface area (Å²) in [5.74, 6) is 0.0810. The van der Waals surface area contributed by atoms with E-state index in [1.54, 1.807) is 0 Å². The Bertz CT molecular complexity index is 704. The van der Waals surface area contributed by atoms with Crippen LogP contribution in [0, 0.1) is 22.7 Å². The zero-order chi connectivity index (χ0) is 15.1. The lowest BCUT2D eigenvalue weighted by Gasteiger charge is -2.25. The van der Waals surface area contributed by atoms with Crippen molar-refractivity contribution in [2.75, 3.05) is 0 Å². The van der Waals surface area contributed by atoms with Crippen LogP contribution in [-0.2, 0) is 5.41 Å². The third-order valence-electron chi connectivity index (χ3n) is 2.82. The number of hydrogen-bond acceptors (Lipinski definition) is 6. The maximum atomic E-state index is 10.4. The van der Waals surface area contributed by atoms with Crippen molar-refractivity contribution < 1.29 is 10.2 Å². The van der Waals surface area contributed by atoms with Gasteiger partial charge >= 0.3 is 0 Å². The van der Waals surface area contributed by atoms with Crippen LogP contribution in [0.4, 0.5) is 0 Å². The minimum atomic E-state index is -0.339. The van der Waals surface area contributed by atoms with Crippen molar-refractivity contribution in [2.45, 2.75) is 36.0 Å². The first-order chi connectivity index (χ1) is 9.29. The molecule has 1 aliphatic rings. The lowest BCUT2D eigenvalue weighted by Crippen LogP contribution is -2.12. The summed E-state index contributed by atoms with van der Waals surface area (Å²) in [6.45, 7) is 5.78. The molecule has 102 valence electrons. The fourth-order valence-electron chi connectivity index (χ4n) is 1.83. The lowest BCUT2D eigenvalue weighted by atomic mass is 9.86. The first kappa shape index (κ1) is 14.6. The van der Waals surface area contributed by atoms with E-state index in [1.165, 1.54) is 6.07 Å². The summed E-state index contributed by atoms with van der Waals surface area (Å²) in [6.07, 6.45) is 0. The van der Waals surface area contributed by atoms with Crippen molar-refractivity contribution in [2.24, 2.45) is 0 Å². The molecule has 0 saturated carbocycles. The van der Waals surface area contributed by atoms with Gasteiger partial charge in [-0.05, 0) is 11.5 Å². The Morgan fingerprint density at radius 1 is 1.00 bits per heavy atom. The van der Waals surface area contributed by atoms with E-state index in [9.17, 15) is 10.2 Å². The van der Waals surface area contributed by atoms with Gasteiger partial charge in [0.25, 0.3) is 0 Å². The van der Waals surface area contributed by atoms with Gasteiger partial charge in [-0.1, -0.05) is 44.3 Å². The molecule has 0 fully saturated rings. The van der Waals surface area contributed by atoms with E-state index in [1.807, 2.05) is 32.9 Å². The number of thioether (sulfide) groups is 2. The topological polar surface area (TPSA) is 88.0 Å². The van der Waals surface area contributed by atoms with Gasteiger partial charge in [-0.15, -0.1) is 0 Å². The summed E-state index contributed by atoms with van der Waals surface area (Å²) in [5, 5.41) is 38.6. The molecule has 0 aliphatic carbocycles. The van der Waals surface area contributed by atoms with Gasteiger partial charge in [-0.3, -0.25) is 0 Å². The van der Waals surface area contributed by atoms with Crippen LogP contribution in [-0.4, -0.2) is 10.2 Å². The van der Waals surface area contributed by atoms with E-state index in [0.29, 0.717) is 15.4 Å². The molecule has 20 heavy (non-hydrogen) atoms. The second kappa shape index (κ2) is 4.97. The average Bonchev–Trinajstić information content (AvgIpc) is 2.40. The highest BCUT2D eigenvalue weighted by atomic mass is 32.2. The highest BCUT2D eigenvalue weighted by Gasteiger charge is 2.30. The zero-order valence-electron chi connectivity index (χ0n) is 11.2. The fourth-order valence-corrected chi connectivity index (χ4v) is 3.86. The summed E-state index contributed by atoms with van der Waals surface area (Å²) in [4.78, 5) is 1.35. The van der Waals surface area contributed by atoms with Gasteiger partial charge < -0.3 is 10.2 Å². The van der Waals surface area contributed by atoms with Gasteiger partial charge in [0.15, 0.2) is 0 Å². The van der Waals surface area contributed by atoms with E-state index in [0.717, 1.165) is 23.5 Å². The van der Waals surface area contributed by atoms with Crippen molar-refractivity contribution in [1.29, 1.82) is 10.5 Å². The normalized spacial score (nSPS) is 14.4. The van der Waals surface area contributed by atoms with Crippen molar-refractivity contribution in [3.05, 3.63) is 21.4 Å². The Hall–Kier alpha value is -1.76. The van der Waals surface area contributed by atoms with Gasteiger partial charge in [0, 0.05) is 5.56 Å². The molecule has 0 amide bonds. The predicted molar refractivity (Wildman–Crippen MR) is 78.4 cm³/mol. The Kier molecular flexibility index (Phi) is 3.64. The number of nitrogens with zero attached hydrogens (tertiary/aromatic N) is 2. The monoisotopic (exact) mass is 304 g/mol. The molecule has 1 aromatic carbocycles. The van der Waals surface area contributed by atoms with Crippen molar-refractivity contribution in [3.63, 3.8) is 0 Å². The molecule has 1 aromatic rings. The first-order valence-electron chi connectivity index (χ1n) is 5.79. The molecule has 0 aromatic heterocycles. The van der Waals surface area contributed by atoms with Crippen LogP contribution in [0.25, 0.3) is 0 Å². The summed E-state index contributed by atoms with van der Waals surface area (Å²) in [6, 6.07) is 5.42. The average molecular weight is 304 g/mol. The summed E-state index contributed by atoms with van der Waals surface area (Å²) in [5.41, 5.74) is 0.271. The molecule has 0 atom stereocenters. The van der Waals surface area contributed by atoms with Gasteiger partial charge in [0.05, 0.1) is 9.79 Å². The van der Waals surface area contributed by atoms with Crippen molar-refractivity contribution in [3.8, 4) is 23.6 Å². The molecule has 0 radical (unpaired) electrons. The van der Waals surface area contributed by atoms with Gasteiger partial charge in [0.1, 0.15) is 33.4 Å². The number of phenols is 2. The van der Waals surface area contributed by atoms with Crippen molar-refractivity contribution in [1.82, 2.24) is 0 Å². The maximum Gasteiger partial charge on any atom is 0.134 e. The fraction of sp³-hybridized carbons (Fsp3) is 0.286. The lowest BCUT2D eigenvalue weighted by molar-refractivity contribution is 0.413. The predicted octanol–water partition coefficient (Wildman–Crippen LogP) is 3.85. The molecule has 1 aliphatic heterocycles. The van der Waals surface area contributed by atoms with E-state index in [4.69, 9.17) is 10.5 Å². The maximum absolute atomic E-state index is 10.4. The minimum absolute atomic E-state index is 0.0185. The second-order valence-corrected chi connectivity index (χ2v) is 7.33. The highest BCUT2D eigenvalue weighted by molar-refractivity contribution is 8.09. The van der Waals surface area contributed by atoms with Crippen molar-refractivity contribution >= 4 is 23.5 Å². The summed E-state index contributed by atoms with van der Waals surface area (Å²) >= 11 is 2.04. The zero-order valence-corrected chi connectivity index (χ0v) is 12.8. The van der Waals surface area contributed by atoms with Crippen LogP contribution >= 0.6 is 23.5 Å². The molecule has 6 heteroatoms. The summed E-state index contributed by atoms with van der Waals surface area (Å²) < 4.78 is 0. The standard InChI is InChI=1S/C14H12N2O2S2/c1-14(2,3)7-4-8(17)12-13(11(7)18)20-10(6-16)9(5-15)19-12/h4,17-18H,1-3H3. The Morgan fingerprint density at radius 2 is 1.50 bits per heavy atom. The van der Waals surface area contributed by atoms with Crippen LogP contribution < -0.4 is 0 Å². The molecule has 0 unspecified atom stereocenters. The third kappa shape index (κ3) is 2.33. The molecule has 1 heterocycles. The SMILES string of the molecule is CC(C)(C)c1cc(O)c2c(c1O)SC(C#N)=C(C#N)S2. The number of fused-ring (bicyclic) bond motifs is 1. The van der Waals surface area contributed by atoms with Gasteiger partial charge in [-0.25, -0.2) is 0 Å². The van der Waals surface area contributed by atoms with Gasteiger partial charge in [0.2, 0.25) is 0 Å². The van der Waals surface area contributed by atoms with Crippen LogP contribution in [0.15, 0.2) is 25.7 Å². The number of benzene rings is 1. The number of phenolic OH excluding ortho intramolecular Hbond substituents is 2. The number of rotatable bonds is 0. The number of nitriles is 2. The van der Waals surface area contributed by atoms with Crippen LogP contribution in [0.2, 0.25) is 0 Å². The molecule has 0 saturated heterocycles. The van der Waals surface area contributed by atoms with E-state index in [-0.39, 0.29) is 26.7 Å². The largest absolute Gasteiger partial charge is 0.507 e. The number of hydrogen-bond donors (Lipinski definition) is 2. The smallest absolute Gasteiger partial charge is 0.134 e. The third-order valence-corrected chi connectivity index (χ3v) is 5.29. The Morgan fingerprint density at radius 3 is 1.95 bits per heavy atom. The summed E-state index contributed by atoms with van der Waals surface area (Å²) in [7, 11) is 0. The van der Waals surface area contributed by atoms with Crippen LogP contribution in [0.5, 0.6) is 11.5 Å². The number of allylic oxidation sites excluding steroid dienone is 2. The first-order valence-corrected chi connectivity index (χ1v) is 7.42.